The Kier molecular flexibility index (Phi) is 7.32. The van der Waals surface area contributed by atoms with Crippen molar-refractivity contribution >= 4 is 23.2 Å². The number of ether oxygens (including phenoxy) is 1. The van der Waals surface area contributed by atoms with Crippen molar-refractivity contribution in [2.45, 2.75) is 46.3 Å². The minimum atomic E-state index is -0.131. The van der Waals surface area contributed by atoms with Crippen molar-refractivity contribution in [3.8, 4) is 5.75 Å². The number of rotatable bonds is 7. The highest BCUT2D eigenvalue weighted by Gasteiger charge is 2.31. The van der Waals surface area contributed by atoms with E-state index in [-0.39, 0.29) is 17.9 Å². The molecular formula is C27H31N3O3S. The highest BCUT2D eigenvalue weighted by Crippen LogP contribution is 2.38. The van der Waals surface area contributed by atoms with Gasteiger partial charge in [-0.1, -0.05) is 42.8 Å². The van der Waals surface area contributed by atoms with Crippen molar-refractivity contribution in [1.82, 2.24) is 14.8 Å². The Morgan fingerprint density at radius 2 is 2.03 bits per heavy atom. The highest BCUT2D eigenvalue weighted by atomic mass is 32.1. The van der Waals surface area contributed by atoms with Crippen LogP contribution in [0.15, 0.2) is 47.8 Å². The van der Waals surface area contributed by atoms with E-state index in [0.717, 1.165) is 28.3 Å². The zero-order valence-electron chi connectivity index (χ0n) is 20.2. The summed E-state index contributed by atoms with van der Waals surface area (Å²) in [6.07, 6.45) is 1.30. The number of thiazole rings is 1. The van der Waals surface area contributed by atoms with E-state index in [2.05, 4.69) is 42.2 Å². The first-order valence-corrected chi connectivity index (χ1v) is 12.6. The van der Waals surface area contributed by atoms with E-state index in [1.165, 1.54) is 22.5 Å². The molecule has 2 aromatic carbocycles. The fourth-order valence-electron chi connectivity index (χ4n) is 4.31. The molecule has 0 saturated heterocycles. The molecule has 0 N–H and O–H groups in total. The lowest BCUT2D eigenvalue weighted by Gasteiger charge is -2.38. The van der Waals surface area contributed by atoms with E-state index < -0.39 is 0 Å². The van der Waals surface area contributed by atoms with Crippen molar-refractivity contribution in [3.05, 3.63) is 80.8 Å². The first-order valence-electron chi connectivity index (χ1n) is 11.7. The van der Waals surface area contributed by atoms with Gasteiger partial charge in [0.05, 0.1) is 6.04 Å². The van der Waals surface area contributed by atoms with Gasteiger partial charge in [0.2, 0.25) is 5.91 Å². The number of hydrogen-bond acceptors (Lipinski definition) is 5. The van der Waals surface area contributed by atoms with E-state index in [0.29, 0.717) is 31.8 Å². The lowest BCUT2D eigenvalue weighted by molar-refractivity contribution is -0.132. The number of benzene rings is 2. The van der Waals surface area contributed by atoms with E-state index in [1.54, 1.807) is 17.3 Å². The fraction of sp³-hybridized carbons (Fsp3) is 0.370. The first kappa shape index (κ1) is 24.0. The van der Waals surface area contributed by atoms with Crippen LogP contribution in [-0.4, -0.2) is 46.7 Å². The summed E-state index contributed by atoms with van der Waals surface area (Å²) in [5.41, 5.74) is 5.08. The van der Waals surface area contributed by atoms with Crippen molar-refractivity contribution in [3.63, 3.8) is 0 Å². The number of amides is 2. The van der Waals surface area contributed by atoms with Crippen molar-refractivity contribution in [1.29, 1.82) is 0 Å². The van der Waals surface area contributed by atoms with E-state index in [4.69, 9.17) is 4.74 Å². The van der Waals surface area contributed by atoms with Crippen LogP contribution in [0.3, 0.4) is 0 Å². The van der Waals surface area contributed by atoms with Gasteiger partial charge in [0, 0.05) is 31.9 Å². The molecule has 1 aromatic heterocycles. The quantitative estimate of drug-likeness (QED) is 0.480. The van der Waals surface area contributed by atoms with Gasteiger partial charge in [0.25, 0.3) is 5.91 Å². The number of aryl methyl sites for hydroxylation is 1. The number of carbonyl (C=O) groups excluding carboxylic acids is 2. The summed E-state index contributed by atoms with van der Waals surface area (Å²) in [6, 6.07) is 14.4. The van der Waals surface area contributed by atoms with Gasteiger partial charge in [-0.2, -0.15) is 0 Å². The second-order valence-electron chi connectivity index (χ2n) is 8.60. The minimum Gasteiger partial charge on any atom is -0.486 e. The molecule has 4 rings (SSSR count). The number of hydrogen-bond donors (Lipinski definition) is 0. The molecule has 34 heavy (non-hydrogen) atoms. The predicted molar refractivity (Wildman–Crippen MR) is 134 cm³/mol. The zero-order valence-corrected chi connectivity index (χ0v) is 21.0. The molecule has 0 spiro atoms. The van der Waals surface area contributed by atoms with E-state index in [1.807, 2.05) is 30.9 Å². The van der Waals surface area contributed by atoms with E-state index in [9.17, 15) is 9.59 Å². The summed E-state index contributed by atoms with van der Waals surface area (Å²) in [6.45, 7) is 7.56. The van der Waals surface area contributed by atoms with Gasteiger partial charge < -0.3 is 14.5 Å². The maximum Gasteiger partial charge on any atom is 0.273 e. The van der Waals surface area contributed by atoms with Crippen LogP contribution in [0.5, 0.6) is 5.75 Å². The Labute approximate surface area is 205 Å². The summed E-state index contributed by atoms with van der Waals surface area (Å²) in [7, 11) is 1.77. The van der Waals surface area contributed by atoms with Gasteiger partial charge in [-0.25, -0.2) is 4.98 Å². The molecule has 2 heterocycles. The molecule has 0 aliphatic carbocycles. The molecule has 2 amide bonds. The van der Waals surface area contributed by atoms with Gasteiger partial charge in [0.1, 0.15) is 23.1 Å². The smallest absolute Gasteiger partial charge is 0.273 e. The van der Waals surface area contributed by atoms with Crippen molar-refractivity contribution in [2.75, 3.05) is 20.1 Å². The molecule has 3 aromatic rings. The number of nitrogens with zero attached hydrogens (tertiary/aromatic N) is 3. The minimum absolute atomic E-state index is 0.0829. The molecule has 7 heteroatoms. The molecule has 1 unspecified atom stereocenters. The molecule has 1 aliphatic rings. The maximum absolute atomic E-state index is 12.8. The average molecular weight is 478 g/mol. The largest absolute Gasteiger partial charge is 0.486 e. The second-order valence-corrected chi connectivity index (χ2v) is 9.55. The molecule has 6 nitrogen and oxygen atoms in total. The molecule has 1 aliphatic heterocycles. The number of aromatic nitrogens is 1. The monoisotopic (exact) mass is 477 g/mol. The van der Waals surface area contributed by atoms with Crippen LogP contribution in [0.1, 0.15) is 64.1 Å². The van der Waals surface area contributed by atoms with Gasteiger partial charge >= 0.3 is 0 Å². The Morgan fingerprint density at radius 1 is 1.21 bits per heavy atom. The Hall–Kier alpha value is -3.19. The predicted octanol–water partition coefficient (Wildman–Crippen LogP) is 5.01. The van der Waals surface area contributed by atoms with Crippen LogP contribution in [-0.2, 0) is 17.8 Å². The van der Waals surface area contributed by atoms with Crippen molar-refractivity contribution in [2.24, 2.45) is 0 Å². The van der Waals surface area contributed by atoms with Crippen LogP contribution in [0.25, 0.3) is 0 Å². The molecule has 0 bridgehead atoms. The Morgan fingerprint density at radius 3 is 2.76 bits per heavy atom. The lowest BCUT2D eigenvalue weighted by atomic mass is 9.87. The molecule has 1 atom stereocenters. The number of fused-ring (bicyclic) bond motifs is 1. The summed E-state index contributed by atoms with van der Waals surface area (Å²) in [5.74, 6) is 0.803. The van der Waals surface area contributed by atoms with E-state index >= 15 is 0 Å². The van der Waals surface area contributed by atoms with Gasteiger partial charge in [-0.3, -0.25) is 9.59 Å². The maximum atomic E-state index is 12.8. The second kappa shape index (κ2) is 10.4. The third-order valence-electron chi connectivity index (χ3n) is 6.28. The third-order valence-corrected chi connectivity index (χ3v) is 7.10. The average Bonchev–Trinajstić information content (AvgIpc) is 3.34. The van der Waals surface area contributed by atoms with Crippen LogP contribution in [0, 0.1) is 6.92 Å². The van der Waals surface area contributed by atoms with Crippen LogP contribution >= 0.6 is 11.3 Å². The molecule has 0 saturated carbocycles. The van der Waals surface area contributed by atoms with Crippen molar-refractivity contribution < 1.29 is 14.3 Å². The SMILES string of the molecule is CCC(=O)N1CCc2ccc(OCc3nc(C(=O)N(C)CC)cs3)cc2C1c1cccc(C)c1. The Balaban J connectivity index is 1.59. The molecular weight excluding hydrogens is 446 g/mol. The highest BCUT2D eigenvalue weighted by molar-refractivity contribution is 7.09. The molecule has 0 fully saturated rings. The topological polar surface area (TPSA) is 62.7 Å². The number of carbonyl (C=O) groups is 2. The van der Waals surface area contributed by atoms with Gasteiger partial charge in [-0.15, -0.1) is 11.3 Å². The summed E-state index contributed by atoms with van der Waals surface area (Å²) in [4.78, 5) is 33.2. The van der Waals surface area contributed by atoms with Crippen LogP contribution in [0.4, 0.5) is 0 Å². The molecule has 178 valence electrons. The Bertz CT molecular complexity index is 1190. The van der Waals surface area contributed by atoms with Gasteiger partial charge in [0.15, 0.2) is 0 Å². The normalized spacial score (nSPS) is 15.1. The standard InChI is InChI=1S/C27H31N3O3S/c1-5-25(31)30-13-12-19-10-11-21(15-22(19)26(30)20-9-7-8-18(3)14-20)33-16-24-28-23(17-34-24)27(32)29(4)6-2/h7-11,14-15,17,26H,5-6,12-13,16H2,1-4H3. The lowest BCUT2D eigenvalue weighted by Crippen LogP contribution is -2.40. The third kappa shape index (κ3) is 4.99. The first-order chi connectivity index (χ1) is 16.4. The van der Waals surface area contributed by atoms with Crippen LogP contribution < -0.4 is 4.74 Å². The summed E-state index contributed by atoms with van der Waals surface area (Å²) in [5, 5.41) is 2.53. The fourth-order valence-corrected chi connectivity index (χ4v) is 4.99. The summed E-state index contributed by atoms with van der Waals surface area (Å²) < 4.78 is 6.09. The zero-order chi connectivity index (χ0) is 24.2. The van der Waals surface area contributed by atoms with Gasteiger partial charge in [-0.05, 0) is 49.1 Å². The summed E-state index contributed by atoms with van der Waals surface area (Å²) >= 11 is 1.42. The molecule has 0 radical (unpaired) electrons. The van der Waals surface area contributed by atoms with Crippen LogP contribution in [0.2, 0.25) is 0 Å².